The van der Waals surface area contributed by atoms with Gasteiger partial charge >= 0.3 is 0 Å². The normalized spacial score (nSPS) is 26.3. The maximum atomic E-state index is 12.6. The zero-order valence-electron chi connectivity index (χ0n) is 9.90. The van der Waals surface area contributed by atoms with E-state index in [0.29, 0.717) is 0 Å². The lowest BCUT2D eigenvalue weighted by Gasteiger charge is -2.12. The molecule has 18 heavy (non-hydrogen) atoms. The van der Waals surface area contributed by atoms with Gasteiger partial charge in [0.05, 0.1) is 10.5 Å². The first-order chi connectivity index (χ1) is 8.86. The van der Waals surface area contributed by atoms with E-state index >= 15 is 0 Å². The van der Waals surface area contributed by atoms with E-state index < -0.39 is 10.8 Å². The van der Waals surface area contributed by atoms with E-state index in [4.69, 9.17) is 0 Å². The molecule has 0 saturated carbocycles. The lowest BCUT2D eigenvalue weighted by molar-refractivity contribution is 0.678. The van der Waals surface area contributed by atoms with Crippen LogP contribution in [0.5, 0.6) is 0 Å². The van der Waals surface area contributed by atoms with Crippen molar-refractivity contribution in [3.05, 3.63) is 83.9 Å². The molecule has 1 aliphatic heterocycles. The lowest BCUT2D eigenvalue weighted by atomic mass is 10.1. The van der Waals surface area contributed by atoms with Gasteiger partial charge in [0.1, 0.15) is 0 Å². The quantitative estimate of drug-likeness (QED) is 0.745. The van der Waals surface area contributed by atoms with Gasteiger partial charge < -0.3 is 0 Å². The zero-order valence-corrected chi connectivity index (χ0v) is 10.7. The van der Waals surface area contributed by atoms with Crippen molar-refractivity contribution in [3.63, 3.8) is 0 Å². The Hall–Kier alpha value is -1.67. The molecule has 0 N–H and O–H groups in total. The fourth-order valence-electron chi connectivity index (χ4n) is 2.29. The van der Waals surface area contributed by atoms with Crippen LogP contribution in [0.4, 0.5) is 0 Å². The maximum Gasteiger partial charge on any atom is 0.0787 e. The smallest absolute Gasteiger partial charge is 0.0787 e. The highest BCUT2D eigenvalue weighted by Crippen LogP contribution is 2.38. The molecule has 0 fully saturated rings. The van der Waals surface area contributed by atoms with Gasteiger partial charge in [-0.15, -0.1) is 0 Å². The van der Waals surface area contributed by atoms with Crippen molar-refractivity contribution >= 4 is 10.8 Å². The van der Waals surface area contributed by atoms with Crippen LogP contribution in [0.15, 0.2) is 72.8 Å². The van der Waals surface area contributed by atoms with E-state index in [2.05, 4.69) is 12.2 Å². The predicted octanol–water partition coefficient (Wildman–Crippen LogP) is 3.79. The van der Waals surface area contributed by atoms with Gasteiger partial charge in [-0.25, -0.2) is 0 Å². The van der Waals surface area contributed by atoms with Crippen molar-refractivity contribution in [3.8, 4) is 0 Å². The maximum absolute atomic E-state index is 12.6. The summed E-state index contributed by atoms with van der Waals surface area (Å²) in [6.45, 7) is 0. The van der Waals surface area contributed by atoms with Gasteiger partial charge in [0.2, 0.25) is 0 Å². The second kappa shape index (κ2) is 4.91. The van der Waals surface area contributed by atoms with E-state index in [-0.39, 0.29) is 10.5 Å². The van der Waals surface area contributed by atoms with Crippen molar-refractivity contribution in [2.24, 2.45) is 0 Å². The Kier molecular flexibility index (Phi) is 3.11. The van der Waals surface area contributed by atoms with Gasteiger partial charge in [-0.3, -0.25) is 4.21 Å². The molecule has 2 atom stereocenters. The van der Waals surface area contributed by atoms with Gasteiger partial charge in [0.15, 0.2) is 0 Å². The molecule has 1 aliphatic rings. The molecule has 0 saturated heterocycles. The third-order valence-corrected chi connectivity index (χ3v) is 5.08. The van der Waals surface area contributed by atoms with Crippen LogP contribution in [0, 0.1) is 0 Å². The highest BCUT2D eigenvalue weighted by atomic mass is 32.2. The average molecular weight is 254 g/mol. The third-order valence-electron chi connectivity index (χ3n) is 3.22. The molecular weight excluding hydrogens is 240 g/mol. The molecule has 0 amide bonds. The Morgan fingerprint density at radius 3 is 1.44 bits per heavy atom. The molecule has 2 heteroatoms. The van der Waals surface area contributed by atoms with Crippen LogP contribution in [0.3, 0.4) is 0 Å². The van der Waals surface area contributed by atoms with Gasteiger partial charge in [-0.05, 0) is 11.1 Å². The minimum Gasteiger partial charge on any atom is -0.258 e. The third kappa shape index (κ3) is 2.04. The van der Waals surface area contributed by atoms with E-state index in [1.165, 1.54) is 0 Å². The molecule has 0 bridgehead atoms. The van der Waals surface area contributed by atoms with Crippen LogP contribution in [-0.4, -0.2) is 4.21 Å². The Morgan fingerprint density at radius 2 is 1.06 bits per heavy atom. The predicted molar refractivity (Wildman–Crippen MR) is 75.6 cm³/mol. The number of benzene rings is 2. The molecule has 0 aromatic heterocycles. The zero-order chi connectivity index (χ0) is 12.4. The molecule has 0 radical (unpaired) electrons. The van der Waals surface area contributed by atoms with Crippen LogP contribution in [0.2, 0.25) is 0 Å². The number of hydrogen-bond donors (Lipinski definition) is 0. The second-order valence-corrected chi connectivity index (χ2v) is 6.05. The highest BCUT2D eigenvalue weighted by molar-refractivity contribution is 7.86. The first kappa shape index (κ1) is 11.4. The van der Waals surface area contributed by atoms with Crippen molar-refractivity contribution in [2.75, 3.05) is 0 Å². The summed E-state index contributed by atoms with van der Waals surface area (Å²) in [6, 6.07) is 20.1. The highest BCUT2D eigenvalue weighted by Gasteiger charge is 2.29. The van der Waals surface area contributed by atoms with Crippen LogP contribution in [-0.2, 0) is 10.8 Å². The summed E-state index contributed by atoms with van der Waals surface area (Å²) < 4.78 is 12.6. The van der Waals surface area contributed by atoms with Gasteiger partial charge in [-0.1, -0.05) is 72.8 Å². The molecular formula is C16H14OS. The van der Waals surface area contributed by atoms with E-state index in [0.717, 1.165) is 11.1 Å². The van der Waals surface area contributed by atoms with Crippen molar-refractivity contribution in [1.29, 1.82) is 0 Å². The molecule has 0 spiro atoms. The molecule has 90 valence electrons. The minimum absolute atomic E-state index is 0.0245. The standard InChI is InChI=1S/C16H14OS/c17-18-15(13-7-3-1-4-8-13)11-12-16(18)14-9-5-2-6-10-14/h1-12,15-16H. The Morgan fingerprint density at radius 1 is 0.667 bits per heavy atom. The molecule has 2 aromatic rings. The summed E-state index contributed by atoms with van der Waals surface area (Å²) in [7, 11) is -0.911. The molecule has 2 unspecified atom stereocenters. The molecule has 1 heterocycles. The SMILES string of the molecule is O=S1C(c2ccccc2)C=CC1c1ccccc1. The Balaban J connectivity index is 1.89. The van der Waals surface area contributed by atoms with Gasteiger partial charge in [0, 0.05) is 10.8 Å². The summed E-state index contributed by atoms with van der Waals surface area (Å²) in [5.74, 6) is 0. The summed E-state index contributed by atoms with van der Waals surface area (Å²) in [5.41, 5.74) is 2.26. The molecule has 1 nitrogen and oxygen atoms in total. The fourth-order valence-corrected chi connectivity index (χ4v) is 3.95. The molecule has 2 aromatic carbocycles. The number of rotatable bonds is 2. The van der Waals surface area contributed by atoms with E-state index in [9.17, 15) is 4.21 Å². The number of hydrogen-bond acceptors (Lipinski definition) is 1. The van der Waals surface area contributed by atoms with Gasteiger partial charge in [-0.2, -0.15) is 0 Å². The minimum atomic E-state index is -0.911. The van der Waals surface area contributed by atoms with E-state index in [1.54, 1.807) is 0 Å². The van der Waals surface area contributed by atoms with Crippen LogP contribution in [0.1, 0.15) is 21.6 Å². The largest absolute Gasteiger partial charge is 0.258 e. The average Bonchev–Trinajstić information content (AvgIpc) is 2.83. The van der Waals surface area contributed by atoms with Gasteiger partial charge in [0.25, 0.3) is 0 Å². The Bertz CT molecular complexity index is 523. The van der Waals surface area contributed by atoms with Crippen LogP contribution < -0.4 is 0 Å². The van der Waals surface area contributed by atoms with Crippen LogP contribution in [0.25, 0.3) is 0 Å². The first-order valence-corrected chi connectivity index (χ1v) is 7.31. The summed E-state index contributed by atoms with van der Waals surface area (Å²) in [5, 5.41) is 0.0489. The lowest BCUT2D eigenvalue weighted by Crippen LogP contribution is -2.05. The Labute approximate surface area is 110 Å². The van der Waals surface area contributed by atoms with Crippen molar-refractivity contribution in [1.82, 2.24) is 0 Å². The topological polar surface area (TPSA) is 17.1 Å². The molecule has 3 rings (SSSR count). The van der Waals surface area contributed by atoms with Crippen molar-refractivity contribution < 1.29 is 4.21 Å². The molecule has 0 aliphatic carbocycles. The summed E-state index contributed by atoms with van der Waals surface area (Å²) >= 11 is 0. The fraction of sp³-hybridized carbons (Fsp3) is 0.125. The first-order valence-electron chi connectivity index (χ1n) is 6.04. The van der Waals surface area contributed by atoms with E-state index in [1.807, 2.05) is 60.7 Å². The monoisotopic (exact) mass is 254 g/mol. The van der Waals surface area contributed by atoms with Crippen LogP contribution >= 0.6 is 0 Å². The second-order valence-electron chi connectivity index (χ2n) is 4.38. The van der Waals surface area contributed by atoms with Crippen molar-refractivity contribution in [2.45, 2.75) is 10.5 Å². The summed E-state index contributed by atoms with van der Waals surface area (Å²) in [6.07, 6.45) is 4.15. The summed E-state index contributed by atoms with van der Waals surface area (Å²) in [4.78, 5) is 0.